The van der Waals surface area contributed by atoms with Crippen LogP contribution in [-0.2, 0) is 0 Å². The van der Waals surface area contributed by atoms with Gasteiger partial charge in [-0.3, -0.25) is 4.90 Å². The molecule has 2 N–H and O–H groups in total. The van der Waals surface area contributed by atoms with E-state index >= 15 is 0 Å². The first-order chi connectivity index (χ1) is 13.3. The zero-order valence-electron chi connectivity index (χ0n) is 15.6. The molecule has 0 aromatic heterocycles. The highest BCUT2D eigenvalue weighted by Gasteiger charge is 2.55. The molecule has 1 heterocycles. The Morgan fingerprint density at radius 2 is 1.96 bits per heavy atom. The smallest absolute Gasteiger partial charge is 0.187 e. The Morgan fingerprint density at radius 1 is 1.29 bits per heavy atom. The summed E-state index contributed by atoms with van der Waals surface area (Å²) in [5.74, 6) is -1.51. The van der Waals surface area contributed by atoms with Crippen LogP contribution in [0.5, 0.6) is 0 Å². The van der Waals surface area contributed by atoms with Crippen molar-refractivity contribution in [3.63, 3.8) is 0 Å². The average molecular weight is 440 g/mol. The van der Waals surface area contributed by atoms with Gasteiger partial charge in [0.05, 0.1) is 29.5 Å². The molecule has 2 aliphatic rings. The Labute approximate surface area is 172 Å². The first-order valence-corrected chi connectivity index (χ1v) is 9.72. The quantitative estimate of drug-likeness (QED) is 0.756. The van der Waals surface area contributed by atoms with Crippen LogP contribution in [0, 0.1) is 51.1 Å². The van der Waals surface area contributed by atoms with Crippen LogP contribution in [0.1, 0.15) is 25.3 Å². The van der Waals surface area contributed by atoms with Gasteiger partial charge in [0.1, 0.15) is 5.82 Å². The van der Waals surface area contributed by atoms with E-state index < -0.39 is 17.2 Å². The van der Waals surface area contributed by atoms with Crippen molar-refractivity contribution in [2.75, 3.05) is 13.1 Å². The van der Waals surface area contributed by atoms with Gasteiger partial charge in [0.25, 0.3) is 0 Å². The summed E-state index contributed by atoms with van der Waals surface area (Å²) in [6, 6.07) is 10.6. The van der Waals surface area contributed by atoms with Gasteiger partial charge in [0, 0.05) is 35.4 Å². The second-order valence-electron chi connectivity index (χ2n) is 7.39. The predicted octanol–water partition coefficient (Wildman–Crippen LogP) is 3.72. The minimum Gasteiger partial charge on any atom is -0.398 e. The van der Waals surface area contributed by atoms with Gasteiger partial charge in [0.15, 0.2) is 5.41 Å². The molecule has 2 atom stereocenters. The Balaban J connectivity index is 2.36. The second kappa shape index (κ2) is 7.40. The standard InChI is InChI=1S/C21H19BrFN5/c1-12(2)28-6-5-14-16(9-28)19(15-7-13(23)3-4-18(15)22)21(10-25,11-26)17(8-24)20(14)27/h3-5,7,12,16,19H,6,9,27H2,1-2H3/t16-,19+/m1/s1. The fourth-order valence-electron chi connectivity index (χ4n) is 4.25. The van der Waals surface area contributed by atoms with Crippen molar-refractivity contribution in [3.8, 4) is 18.2 Å². The number of hydrogen-bond donors (Lipinski definition) is 1. The lowest BCUT2D eigenvalue weighted by atomic mass is 9.57. The average Bonchev–Trinajstić information content (AvgIpc) is 2.69. The van der Waals surface area contributed by atoms with Gasteiger partial charge in [0.2, 0.25) is 0 Å². The molecule has 0 saturated carbocycles. The Hall–Kier alpha value is -2.66. The summed E-state index contributed by atoms with van der Waals surface area (Å²) >= 11 is 3.44. The Morgan fingerprint density at radius 3 is 2.54 bits per heavy atom. The fourth-order valence-corrected chi connectivity index (χ4v) is 4.74. The number of fused-ring (bicyclic) bond motifs is 1. The molecule has 28 heavy (non-hydrogen) atoms. The first-order valence-electron chi connectivity index (χ1n) is 8.93. The van der Waals surface area contributed by atoms with E-state index in [1.165, 1.54) is 12.1 Å². The minimum atomic E-state index is -1.79. The zero-order valence-corrected chi connectivity index (χ0v) is 17.2. The molecule has 0 saturated heterocycles. The molecule has 0 amide bonds. The van der Waals surface area contributed by atoms with E-state index in [1.54, 1.807) is 6.07 Å². The molecule has 0 fully saturated rings. The molecule has 1 aromatic rings. The summed E-state index contributed by atoms with van der Waals surface area (Å²) < 4.78 is 14.7. The highest BCUT2D eigenvalue weighted by atomic mass is 79.9. The third kappa shape index (κ3) is 2.90. The molecule has 5 nitrogen and oxygen atoms in total. The van der Waals surface area contributed by atoms with Gasteiger partial charge in [-0.25, -0.2) is 4.39 Å². The highest BCUT2D eigenvalue weighted by Crippen LogP contribution is 2.55. The van der Waals surface area contributed by atoms with Gasteiger partial charge < -0.3 is 5.73 Å². The van der Waals surface area contributed by atoms with Crippen LogP contribution in [-0.4, -0.2) is 24.0 Å². The lowest BCUT2D eigenvalue weighted by Gasteiger charge is -2.46. The third-order valence-corrected chi connectivity index (χ3v) is 6.43. The maximum absolute atomic E-state index is 14.1. The van der Waals surface area contributed by atoms with E-state index in [0.717, 1.165) is 5.57 Å². The van der Waals surface area contributed by atoms with Crippen LogP contribution >= 0.6 is 15.9 Å². The van der Waals surface area contributed by atoms with E-state index in [2.05, 4.69) is 46.8 Å². The molecular weight excluding hydrogens is 421 g/mol. The van der Waals surface area contributed by atoms with E-state index in [4.69, 9.17) is 5.73 Å². The van der Waals surface area contributed by atoms with Crippen molar-refractivity contribution >= 4 is 15.9 Å². The molecule has 3 rings (SSSR count). The summed E-state index contributed by atoms with van der Waals surface area (Å²) in [4.78, 5) is 2.21. The van der Waals surface area contributed by atoms with Crippen LogP contribution in [0.4, 0.5) is 4.39 Å². The summed E-state index contributed by atoms with van der Waals surface area (Å²) in [7, 11) is 0. The second-order valence-corrected chi connectivity index (χ2v) is 8.24. The zero-order chi connectivity index (χ0) is 20.6. The molecule has 142 valence electrons. The normalized spacial score (nSPS) is 24.0. The number of rotatable bonds is 2. The monoisotopic (exact) mass is 439 g/mol. The van der Waals surface area contributed by atoms with Crippen LogP contribution in [0.15, 0.2) is 45.6 Å². The minimum absolute atomic E-state index is 0.0563. The number of nitriles is 3. The molecular formula is C21H19BrFN5. The predicted molar refractivity (Wildman–Crippen MR) is 106 cm³/mol. The Kier molecular flexibility index (Phi) is 5.31. The lowest BCUT2D eigenvalue weighted by molar-refractivity contribution is 0.174. The maximum atomic E-state index is 14.1. The van der Waals surface area contributed by atoms with E-state index in [0.29, 0.717) is 23.1 Å². The molecule has 1 aliphatic heterocycles. The van der Waals surface area contributed by atoms with Gasteiger partial charge in [-0.1, -0.05) is 22.0 Å². The van der Waals surface area contributed by atoms with E-state index in [-0.39, 0.29) is 23.2 Å². The van der Waals surface area contributed by atoms with E-state index in [9.17, 15) is 20.2 Å². The molecule has 0 bridgehead atoms. The molecule has 1 aromatic carbocycles. The van der Waals surface area contributed by atoms with Gasteiger partial charge in [-0.2, -0.15) is 15.8 Å². The first kappa shape index (κ1) is 20.1. The fraction of sp³-hybridized carbons (Fsp3) is 0.381. The van der Waals surface area contributed by atoms with Crippen molar-refractivity contribution in [3.05, 3.63) is 57.0 Å². The third-order valence-electron chi connectivity index (χ3n) is 5.71. The van der Waals surface area contributed by atoms with Crippen LogP contribution < -0.4 is 5.73 Å². The van der Waals surface area contributed by atoms with Gasteiger partial charge in [-0.15, -0.1) is 0 Å². The summed E-state index contributed by atoms with van der Waals surface area (Å²) in [5.41, 5.74) is 5.88. The molecule has 0 spiro atoms. The Bertz CT molecular complexity index is 991. The largest absolute Gasteiger partial charge is 0.398 e. The molecule has 7 heteroatoms. The SMILES string of the molecule is CC(C)N1CC=C2C(N)=C(C#N)C(C#N)(C#N)[C@@H](c3cc(F)ccc3Br)[C@@H]2C1. The van der Waals surface area contributed by atoms with Crippen LogP contribution in [0.3, 0.4) is 0 Å². The highest BCUT2D eigenvalue weighted by molar-refractivity contribution is 9.10. The summed E-state index contributed by atoms with van der Waals surface area (Å²) in [6.07, 6.45) is 1.96. The number of hydrogen-bond acceptors (Lipinski definition) is 5. The summed E-state index contributed by atoms with van der Waals surface area (Å²) in [6.45, 7) is 5.35. The molecule has 0 radical (unpaired) electrons. The number of nitrogens with zero attached hydrogens (tertiary/aromatic N) is 4. The maximum Gasteiger partial charge on any atom is 0.187 e. The van der Waals surface area contributed by atoms with Crippen LogP contribution in [0.25, 0.3) is 0 Å². The van der Waals surface area contributed by atoms with Gasteiger partial charge >= 0.3 is 0 Å². The topological polar surface area (TPSA) is 101 Å². The number of halogens is 2. The number of benzene rings is 1. The molecule has 1 aliphatic carbocycles. The van der Waals surface area contributed by atoms with Crippen molar-refractivity contribution in [1.82, 2.24) is 4.90 Å². The van der Waals surface area contributed by atoms with Crippen molar-refractivity contribution in [1.29, 1.82) is 15.8 Å². The van der Waals surface area contributed by atoms with Crippen molar-refractivity contribution < 1.29 is 4.39 Å². The van der Waals surface area contributed by atoms with Crippen molar-refractivity contribution in [2.45, 2.75) is 25.8 Å². The lowest BCUT2D eigenvalue weighted by Crippen LogP contribution is -2.49. The number of nitrogens with two attached hydrogens (primary N) is 1. The molecule has 0 unspecified atom stereocenters. The van der Waals surface area contributed by atoms with E-state index in [1.807, 2.05) is 12.1 Å². The van der Waals surface area contributed by atoms with Crippen LogP contribution in [0.2, 0.25) is 0 Å². The number of allylic oxidation sites excluding steroid dienone is 2. The van der Waals surface area contributed by atoms with Crippen molar-refractivity contribution in [2.24, 2.45) is 17.1 Å². The van der Waals surface area contributed by atoms with Gasteiger partial charge in [-0.05, 0) is 43.2 Å². The summed E-state index contributed by atoms with van der Waals surface area (Å²) in [5, 5.41) is 29.9.